The van der Waals surface area contributed by atoms with Gasteiger partial charge in [0.15, 0.2) is 11.9 Å². The average Bonchev–Trinajstić information content (AvgIpc) is 3.46. The van der Waals surface area contributed by atoms with E-state index in [1.54, 1.807) is 30.3 Å². The topological polar surface area (TPSA) is 162 Å². The number of aliphatic hydroxyl groups is 2. The molecule has 0 bridgehead atoms. The molecule has 0 fully saturated rings. The summed E-state index contributed by atoms with van der Waals surface area (Å²) in [5.74, 6) is -0.677. The number of aromatic nitrogens is 4. The number of benzene rings is 2. The van der Waals surface area contributed by atoms with E-state index in [0.717, 1.165) is 34.7 Å². The van der Waals surface area contributed by atoms with E-state index in [4.69, 9.17) is 5.11 Å². The van der Waals surface area contributed by atoms with Crippen LogP contribution in [-0.2, 0) is 41.8 Å². The zero-order chi connectivity index (χ0) is 32.9. The molecule has 2 aromatic heterocycles. The summed E-state index contributed by atoms with van der Waals surface area (Å²) in [6, 6.07) is 19.9. The number of nitrogens with zero attached hydrogens (tertiary/aromatic N) is 4. The predicted molar refractivity (Wildman–Crippen MR) is 166 cm³/mol. The summed E-state index contributed by atoms with van der Waals surface area (Å²) in [4.78, 5) is 23.9. The van der Waals surface area contributed by atoms with E-state index in [2.05, 4.69) is 36.3 Å². The van der Waals surface area contributed by atoms with E-state index in [1.807, 2.05) is 36.4 Å². The molecule has 0 saturated heterocycles. The van der Waals surface area contributed by atoms with Crippen LogP contribution < -0.4 is 16.0 Å². The van der Waals surface area contributed by atoms with Crippen LogP contribution in [0.15, 0.2) is 66.7 Å². The molecule has 0 saturated carbocycles. The fourth-order valence-electron chi connectivity index (χ4n) is 4.37. The lowest BCUT2D eigenvalue weighted by Gasteiger charge is -2.14. The van der Waals surface area contributed by atoms with Crippen molar-refractivity contribution >= 4 is 34.1 Å². The lowest BCUT2D eigenvalue weighted by Crippen LogP contribution is -2.35. The third kappa shape index (κ3) is 11.8. The Kier molecular flexibility index (Phi) is 12.5. The Morgan fingerprint density at radius 3 is 2.30 bits per heavy atom. The number of hydrogen-bond acceptors (Lipinski definition) is 10. The Bertz CT molecular complexity index is 1560. The minimum atomic E-state index is -4.86. The van der Waals surface area contributed by atoms with Crippen LogP contribution in [0, 0.1) is 0 Å². The lowest BCUT2D eigenvalue weighted by atomic mass is 10.1. The summed E-state index contributed by atoms with van der Waals surface area (Å²) in [5, 5.41) is 45.4. The maximum Gasteiger partial charge on any atom is 0.414 e. The second-order valence-electron chi connectivity index (χ2n) is 10.6. The van der Waals surface area contributed by atoms with Crippen molar-refractivity contribution in [3.05, 3.63) is 94.1 Å². The average molecular weight is 658 g/mol. The number of hydrogen-bond donors (Lipinski definition) is 5. The Hall–Kier alpha value is -4.47. The SMILES string of the molecule is O=C(CC(O)C(F)(F)F)NCc1cccc(CC(O)Nc2nnc(CCCCc3ccc(NC(=O)Cc4ccccc4)nn3)s2)c1. The van der Waals surface area contributed by atoms with Gasteiger partial charge < -0.3 is 26.2 Å². The van der Waals surface area contributed by atoms with Gasteiger partial charge in [0.05, 0.1) is 18.5 Å². The summed E-state index contributed by atoms with van der Waals surface area (Å²) >= 11 is 1.34. The third-order valence-corrected chi connectivity index (χ3v) is 7.61. The van der Waals surface area contributed by atoms with Crippen LogP contribution in [0.4, 0.5) is 24.1 Å². The number of nitrogens with one attached hydrogen (secondary N) is 3. The van der Waals surface area contributed by atoms with Gasteiger partial charge in [-0.25, -0.2) is 0 Å². The lowest BCUT2D eigenvalue weighted by molar-refractivity contribution is -0.205. The summed E-state index contributed by atoms with van der Waals surface area (Å²) in [6.07, 6.45) is -6.05. The summed E-state index contributed by atoms with van der Waals surface area (Å²) in [7, 11) is 0. The first kappa shape index (κ1) is 34.4. The Morgan fingerprint density at radius 2 is 1.57 bits per heavy atom. The van der Waals surface area contributed by atoms with E-state index < -0.39 is 30.8 Å². The molecule has 15 heteroatoms. The number of amides is 2. The number of rotatable bonds is 16. The fraction of sp³-hybridized carbons (Fsp3) is 0.355. The second-order valence-corrected chi connectivity index (χ2v) is 11.6. The molecule has 46 heavy (non-hydrogen) atoms. The van der Waals surface area contributed by atoms with E-state index in [-0.39, 0.29) is 25.3 Å². The Balaban J connectivity index is 1.13. The van der Waals surface area contributed by atoms with E-state index in [0.29, 0.717) is 29.4 Å². The highest BCUT2D eigenvalue weighted by atomic mass is 32.1. The van der Waals surface area contributed by atoms with E-state index >= 15 is 0 Å². The molecule has 0 aliphatic carbocycles. The van der Waals surface area contributed by atoms with Gasteiger partial charge in [-0.05, 0) is 48.1 Å². The first-order valence-corrected chi connectivity index (χ1v) is 15.4. The van der Waals surface area contributed by atoms with E-state index in [1.165, 1.54) is 11.3 Å². The molecule has 0 aliphatic rings. The fourth-order valence-corrected chi connectivity index (χ4v) is 5.20. The van der Waals surface area contributed by atoms with E-state index in [9.17, 15) is 27.9 Å². The molecule has 11 nitrogen and oxygen atoms in total. The molecule has 4 aromatic rings. The predicted octanol–water partition coefficient (Wildman–Crippen LogP) is 3.98. The summed E-state index contributed by atoms with van der Waals surface area (Å²) < 4.78 is 37.3. The van der Waals surface area contributed by atoms with Crippen LogP contribution in [0.2, 0.25) is 0 Å². The third-order valence-electron chi connectivity index (χ3n) is 6.69. The van der Waals surface area contributed by atoms with Gasteiger partial charge in [-0.1, -0.05) is 65.9 Å². The molecule has 4 rings (SSSR count). The number of carbonyl (C=O) groups excluding carboxylic acids is 2. The van der Waals surface area contributed by atoms with Crippen LogP contribution in [-0.4, -0.2) is 60.9 Å². The quantitative estimate of drug-likeness (QED) is 0.0887. The maximum atomic E-state index is 12.4. The van der Waals surface area contributed by atoms with Crippen molar-refractivity contribution in [2.24, 2.45) is 0 Å². The van der Waals surface area contributed by atoms with Crippen LogP contribution >= 0.6 is 11.3 Å². The first-order valence-electron chi connectivity index (χ1n) is 14.6. The Labute approximate surface area is 267 Å². The largest absolute Gasteiger partial charge is 0.414 e. The monoisotopic (exact) mass is 657 g/mol. The molecule has 2 heterocycles. The van der Waals surface area contributed by atoms with Crippen molar-refractivity contribution < 1.29 is 33.0 Å². The van der Waals surface area contributed by atoms with Gasteiger partial charge in [0.25, 0.3) is 0 Å². The van der Waals surface area contributed by atoms with Gasteiger partial charge in [-0.3, -0.25) is 9.59 Å². The first-order chi connectivity index (χ1) is 22.0. The number of anilines is 2. The molecule has 2 amide bonds. The molecule has 0 radical (unpaired) electrons. The van der Waals surface area contributed by atoms with Crippen LogP contribution in [0.25, 0.3) is 0 Å². The number of aliphatic hydroxyl groups excluding tert-OH is 2. The molecular formula is C31H34F3N7O4S. The number of alkyl halides is 3. The normalized spacial score (nSPS) is 12.7. The molecular weight excluding hydrogens is 623 g/mol. The van der Waals surface area contributed by atoms with Crippen molar-refractivity contribution in [1.29, 1.82) is 0 Å². The summed E-state index contributed by atoms with van der Waals surface area (Å²) in [5.41, 5.74) is 3.10. The van der Waals surface area contributed by atoms with Crippen LogP contribution in [0.3, 0.4) is 0 Å². The maximum absolute atomic E-state index is 12.4. The molecule has 0 aliphatic heterocycles. The number of unbranched alkanes of at least 4 members (excludes halogenated alkanes) is 1. The highest BCUT2D eigenvalue weighted by molar-refractivity contribution is 7.15. The zero-order valence-corrected chi connectivity index (χ0v) is 25.5. The molecule has 2 unspecified atom stereocenters. The van der Waals surface area contributed by atoms with Crippen molar-refractivity contribution in [3.8, 4) is 0 Å². The highest BCUT2D eigenvalue weighted by Crippen LogP contribution is 2.22. The van der Waals surface area contributed by atoms with Gasteiger partial charge in [-0.2, -0.15) is 18.3 Å². The molecule has 2 atom stereocenters. The van der Waals surface area contributed by atoms with Gasteiger partial charge in [0.2, 0.25) is 16.9 Å². The van der Waals surface area contributed by atoms with Crippen molar-refractivity contribution in [2.75, 3.05) is 10.6 Å². The minimum absolute atomic E-state index is 0.0220. The standard InChI is InChI=1S/C31H34F3N7O4S/c32-31(33,34)24(42)18-26(43)35-19-22-10-6-9-21(15-22)17-28(45)37-30-41-40-29(46-30)12-5-4-11-23-13-14-25(39-38-23)36-27(44)16-20-7-2-1-3-8-20/h1-3,6-10,13-15,24,28,42,45H,4-5,11-12,16-19H2,(H,35,43)(H,37,41)(H,36,39,44). The van der Waals surface area contributed by atoms with Gasteiger partial charge >= 0.3 is 6.18 Å². The van der Waals surface area contributed by atoms with Crippen molar-refractivity contribution in [3.63, 3.8) is 0 Å². The zero-order valence-electron chi connectivity index (χ0n) is 24.7. The van der Waals surface area contributed by atoms with Crippen LogP contribution in [0.5, 0.6) is 0 Å². The van der Waals surface area contributed by atoms with Gasteiger partial charge in [0.1, 0.15) is 11.2 Å². The van der Waals surface area contributed by atoms with Crippen molar-refractivity contribution in [1.82, 2.24) is 25.7 Å². The molecule has 244 valence electrons. The molecule has 5 N–H and O–H groups in total. The smallest absolute Gasteiger partial charge is 0.383 e. The Morgan fingerprint density at radius 1 is 0.826 bits per heavy atom. The minimum Gasteiger partial charge on any atom is -0.383 e. The number of halogens is 3. The van der Waals surface area contributed by atoms with Gasteiger partial charge in [-0.15, -0.1) is 15.3 Å². The molecule has 2 aromatic carbocycles. The summed E-state index contributed by atoms with van der Waals surface area (Å²) in [6.45, 7) is -0.0220. The van der Waals surface area contributed by atoms with Gasteiger partial charge in [0, 0.05) is 19.4 Å². The number of carbonyl (C=O) groups is 2. The molecule has 0 spiro atoms. The van der Waals surface area contributed by atoms with Crippen molar-refractivity contribution in [2.45, 2.75) is 70.0 Å². The number of aryl methyl sites for hydroxylation is 2. The highest BCUT2D eigenvalue weighted by Gasteiger charge is 2.39. The second kappa shape index (κ2) is 16.7. The van der Waals surface area contributed by atoms with Crippen LogP contribution in [0.1, 0.15) is 46.7 Å².